The van der Waals surface area contributed by atoms with Crippen LogP contribution in [0.15, 0.2) is 29.3 Å². The Balaban J connectivity index is 1.39. The molecular weight excluding hydrogens is 315 g/mol. The highest BCUT2D eigenvalue weighted by Gasteiger charge is 2.36. The lowest BCUT2D eigenvalue weighted by Crippen LogP contribution is -2.49. The van der Waals surface area contributed by atoms with E-state index < -0.39 is 0 Å². The maximum atomic E-state index is 13.0. The number of hydrogen-bond acceptors (Lipinski definition) is 2. The van der Waals surface area contributed by atoms with Gasteiger partial charge in [0.25, 0.3) is 0 Å². The van der Waals surface area contributed by atoms with E-state index in [2.05, 4.69) is 27.4 Å². The summed E-state index contributed by atoms with van der Waals surface area (Å²) in [4.78, 5) is 6.84. The number of likely N-dealkylation sites (tertiary alicyclic amines) is 1. The first-order valence-electron chi connectivity index (χ1n) is 9.64. The van der Waals surface area contributed by atoms with Crippen molar-refractivity contribution in [1.82, 2.24) is 15.5 Å². The van der Waals surface area contributed by atoms with Gasteiger partial charge in [-0.1, -0.05) is 25.5 Å². The monoisotopic (exact) mass is 346 g/mol. The molecule has 1 heterocycles. The predicted octanol–water partition coefficient (Wildman–Crippen LogP) is 3.14. The Kier molecular flexibility index (Phi) is 6.29. The molecule has 3 rings (SSSR count). The van der Waals surface area contributed by atoms with E-state index in [1.807, 2.05) is 19.2 Å². The van der Waals surface area contributed by atoms with Gasteiger partial charge >= 0.3 is 0 Å². The molecule has 138 valence electrons. The van der Waals surface area contributed by atoms with Crippen LogP contribution < -0.4 is 10.6 Å². The average molecular weight is 346 g/mol. The summed E-state index contributed by atoms with van der Waals surface area (Å²) in [5.41, 5.74) is 1.18. The molecule has 0 bridgehead atoms. The number of benzene rings is 1. The SMILES string of the molecule is CCCC1CC1NC(=NC)NC1CCN(Cc2ccc(F)cc2)CC1. The minimum absolute atomic E-state index is 0.164. The normalized spacial score (nSPS) is 25.0. The summed E-state index contributed by atoms with van der Waals surface area (Å²) in [5.74, 6) is 1.63. The molecule has 4 nitrogen and oxygen atoms in total. The number of nitrogens with one attached hydrogen (secondary N) is 2. The van der Waals surface area contributed by atoms with Crippen LogP contribution >= 0.6 is 0 Å². The molecule has 0 radical (unpaired) electrons. The molecule has 0 aromatic heterocycles. The number of nitrogens with zero attached hydrogens (tertiary/aromatic N) is 2. The number of hydrogen-bond donors (Lipinski definition) is 2. The van der Waals surface area contributed by atoms with Gasteiger partial charge < -0.3 is 10.6 Å². The fourth-order valence-electron chi connectivity index (χ4n) is 3.74. The van der Waals surface area contributed by atoms with Crippen molar-refractivity contribution in [3.05, 3.63) is 35.6 Å². The van der Waals surface area contributed by atoms with Crippen molar-refractivity contribution < 1.29 is 4.39 Å². The van der Waals surface area contributed by atoms with Crippen LogP contribution in [0.5, 0.6) is 0 Å². The van der Waals surface area contributed by atoms with Crippen molar-refractivity contribution in [1.29, 1.82) is 0 Å². The fraction of sp³-hybridized carbons (Fsp3) is 0.650. The predicted molar refractivity (Wildman–Crippen MR) is 101 cm³/mol. The molecule has 1 aliphatic heterocycles. The van der Waals surface area contributed by atoms with Gasteiger partial charge in [-0.3, -0.25) is 9.89 Å². The molecule has 1 aromatic rings. The minimum atomic E-state index is -0.164. The topological polar surface area (TPSA) is 39.7 Å². The van der Waals surface area contributed by atoms with Crippen LogP contribution in [-0.2, 0) is 6.54 Å². The van der Waals surface area contributed by atoms with Gasteiger partial charge in [0, 0.05) is 38.8 Å². The van der Waals surface area contributed by atoms with Crippen LogP contribution in [0.1, 0.15) is 44.6 Å². The summed E-state index contributed by atoms with van der Waals surface area (Å²) in [6.45, 7) is 5.28. The maximum absolute atomic E-state index is 13.0. The lowest BCUT2D eigenvalue weighted by Gasteiger charge is -2.33. The van der Waals surface area contributed by atoms with Crippen LogP contribution in [0.25, 0.3) is 0 Å². The molecule has 1 aliphatic carbocycles. The van der Waals surface area contributed by atoms with Crippen LogP contribution in [0, 0.1) is 11.7 Å². The zero-order valence-corrected chi connectivity index (χ0v) is 15.5. The van der Waals surface area contributed by atoms with E-state index in [-0.39, 0.29) is 5.82 Å². The molecule has 0 amide bonds. The summed E-state index contributed by atoms with van der Waals surface area (Å²) in [5, 5.41) is 7.16. The van der Waals surface area contributed by atoms with E-state index in [0.717, 1.165) is 44.4 Å². The summed E-state index contributed by atoms with van der Waals surface area (Å²) in [7, 11) is 1.86. The Labute approximate surface area is 150 Å². The smallest absolute Gasteiger partial charge is 0.191 e. The Hall–Kier alpha value is -1.62. The maximum Gasteiger partial charge on any atom is 0.191 e. The largest absolute Gasteiger partial charge is 0.354 e. The molecule has 2 aliphatic rings. The van der Waals surface area contributed by atoms with Crippen molar-refractivity contribution in [2.75, 3.05) is 20.1 Å². The second-order valence-corrected chi connectivity index (χ2v) is 7.43. The third kappa shape index (κ3) is 5.43. The summed E-state index contributed by atoms with van der Waals surface area (Å²) in [6.07, 6.45) is 6.10. The standard InChI is InChI=1S/C20H31FN4/c1-3-4-16-13-19(16)24-20(22-2)23-18-9-11-25(12-10-18)14-15-5-7-17(21)8-6-15/h5-8,16,18-19H,3-4,9-14H2,1-2H3,(H2,22,23,24). The number of piperidine rings is 1. The molecule has 2 atom stereocenters. The van der Waals surface area contributed by atoms with Crippen LogP contribution in [-0.4, -0.2) is 43.1 Å². The first-order valence-corrected chi connectivity index (χ1v) is 9.64. The van der Waals surface area contributed by atoms with Crippen LogP contribution in [0.3, 0.4) is 0 Å². The van der Waals surface area contributed by atoms with E-state index in [1.54, 1.807) is 12.1 Å². The van der Waals surface area contributed by atoms with Gasteiger partial charge in [-0.05, 0) is 49.3 Å². The van der Waals surface area contributed by atoms with Gasteiger partial charge in [0.2, 0.25) is 0 Å². The van der Waals surface area contributed by atoms with E-state index in [1.165, 1.54) is 24.8 Å². The van der Waals surface area contributed by atoms with E-state index in [9.17, 15) is 4.39 Å². The lowest BCUT2D eigenvalue weighted by molar-refractivity contribution is 0.198. The molecule has 5 heteroatoms. The quantitative estimate of drug-likeness (QED) is 0.614. The van der Waals surface area contributed by atoms with Crippen molar-refractivity contribution in [2.24, 2.45) is 10.9 Å². The molecule has 2 fully saturated rings. The van der Waals surface area contributed by atoms with Gasteiger partial charge in [0.05, 0.1) is 0 Å². The summed E-state index contributed by atoms with van der Waals surface area (Å²) >= 11 is 0. The Bertz CT molecular complexity index is 564. The molecule has 2 unspecified atom stereocenters. The Morgan fingerprint density at radius 1 is 1.20 bits per heavy atom. The van der Waals surface area contributed by atoms with Crippen LogP contribution in [0.4, 0.5) is 4.39 Å². The number of guanidine groups is 1. The molecule has 1 saturated heterocycles. The zero-order chi connectivity index (χ0) is 17.6. The van der Waals surface area contributed by atoms with Crippen molar-refractivity contribution in [2.45, 2.75) is 57.7 Å². The van der Waals surface area contributed by atoms with Gasteiger partial charge in [-0.25, -0.2) is 4.39 Å². The van der Waals surface area contributed by atoms with Gasteiger partial charge in [-0.15, -0.1) is 0 Å². The van der Waals surface area contributed by atoms with Gasteiger partial charge in [0.1, 0.15) is 5.82 Å². The second-order valence-electron chi connectivity index (χ2n) is 7.43. The van der Waals surface area contributed by atoms with E-state index in [4.69, 9.17) is 0 Å². The van der Waals surface area contributed by atoms with Gasteiger partial charge in [0.15, 0.2) is 5.96 Å². The number of aliphatic imine (C=N–C) groups is 1. The summed E-state index contributed by atoms with van der Waals surface area (Å²) in [6, 6.07) is 7.96. The molecule has 1 saturated carbocycles. The zero-order valence-electron chi connectivity index (χ0n) is 15.5. The van der Waals surface area contributed by atoms with E-state index in [0.29, 0.717) is 12.1 Å². The molecule has 0 spiro atoms. The average Bonchev–Trinajstić information content (AvgIpc) is 3.36. The number of halogens is 1. The lowest BCUT2D eigenvalue weighted by atomic mass is 10.0. The number of rotatable bonds is 6. The highest BCUT2D eigenvalue weighted by atomic mass is 19.1. The van der Waals surface area contributed by atoms with Crippen molar-refractivity contribution in [3.8, 4) is 0 Å². The third-order valence-electron chi connectivity index (χ3n) is 5.38. The molecular formula is C20H31FN4. The molecule has 2 N–H and O–H groups in total. The second kappa shape index (κ2) is 8.65. The van der Waals surface area contributed by atoms with Crippen molar-refractivity contribution in [3.63, 3.8) is 0 Å². The minimum Gasteiger partial charge on any atom is -0.354 e. The highest BCUT2D eigenvalue weighted by Crippen LogP contribution is 2.34. The van der Waals surface area contributed by atoms with Gasteiger partial charge in [-0.2, -0.15) is 0 Å². The summed E-state index contributed by atoms with van der Waals surface area (Å²) < 4.78 is 13.0. The third-order valence-corrected chi connectivity index (χ3v) is 5.38. The highest BCUT2D eigenvalue weighted by molar-refractivity contribution is 5.80. The first-order chi connectivity index (χ1) is 12.2. The molecule has 25 heavy (non-hydrogen) atoms. The Morgan fingerprint density at radius 3 is 2.56 bits per heavy atom. The van der Waals surface area contributed by atoms with Crippen molar-refractivity contribution >= 4 is 5.96 Å². The molecule has 1 aromatic carbocycles. The Morgan fingerprint density at radius 2 is 1.92 bits per heavy atom. The van der Waals surface area contributed by atoms with Crippen LogP contribution in [0.2, 0.25) is 0 Å². The first kappa shape index (κ1) is 18.2. The fourth-order valence-corrected chi connectivity index (χ4v) is 3.74. The van der Waals surface area contributed by atoms with E-state index >= 15 is 0 Å².